The number of piperazine rings is 1. The average Bonchev–Trinajstić information content (AvgIpc) is 3.20. The molecule has 0 atom stereocenters. The molecule has 3 aromatic carbocycles. The molecule has 0 bridgehead atoms. The number of rotatable bonds is 4. The van der Waals surface area contributed by atoms with Gasteiger partial charge in [-0.25, -0.2) is 4.98 Å². The van der Waals surface area contributed by atoms with Crippen LogP contribution in [-0.2, 0) is 6.54 Å². The minimum absolute atomic E-state index is 0.113. The smallest absolute Gasteiger partial charge is 0.254 e. The third-order valence-electron chi connectivity index (χ3n) is 5.79. The zero-order chi connectivity index (χ0) is 20.5. The first kappa shape index (κ1) is 18.6. The van der Waals surface area contributed by atoms with E-state index in [1.165, 1.54) is 0 Å². The molecule has 1 saturated heterocycles. The van der Waals surface area contributed by atoms with Crippen molar-refractivity contribution < 1.29 is 9.53 Å². The Morgan fingerprint density at radius 1 is 1.03 bits per heavy atom. The van der Waals surface area contributed by atoms with Crippen LogP contribution in [0.4, 0.5) is 0 Å². The van der Waals surface area contributed by atoms with Gasteiger partial charge in [0.25, 0.3) is 5.91 Å². The van der Waals surface area contributed by atoms with Crippen LogP contribution < -0.4 is 4.74 Å². The summed E-state index contributed by atoms with van der Waals surface area (Å²) >= 11 is 0. The number of hydrogen-bond acceptors (Lipinski definition) is 4. The number of amides is 1. The lowest BCUT2D eigenvalue weighted by Crippen LogP contribution is -2.48. The van der Waals surface area contributed by atoms with Crippen LogP contribution in [0.25, 0.3) is 21.8 Å². The van der Waals surface area contributed by atoms with Crippen LogP contribution in [0.15, 0.2) is 60.7 Å². The van der Waals surface area contributed by atoms with E-state index in [2.05, 4.69) is 14.9 Å². The molecule has 152 valence electrons. The largest absolute Gasteiger partial charge is 0.497 e. The fourth-order valence-corrected chi connectivity index (χ4v) is 4.15. The van der Waals surface area contributed by atoms with Crippen molar-refractivity contribution in [3.8, 4) is 5.75 Å². The Labute approximate surface area is 175 Å². The van der Waals surface area contributed by atoms with E-state index >= 15 is 0 Å². The van der Waals surface area contributed by atoms with Gasteiger partial charge in [-0.2, -0.15) is 0 Å². The lowest BCUT2D eigenvalue weighted by Gasteiger charge is -2.34. The van der Waals surface area contributed by atoms with Gasteiger partial charge in [0.1, 0.15) is 11.6 Å². The molecule has 0 spiro atoms. The normalized spacial score (nSPS) is 15.0. The Balaban J connectivity index is 1.25. The number of ether oxygens (including phenoxy) is 1. The second-order valence-corrected chi connectivity index (χ2v) is 7.66. The Hall–Kier alpha value is -3.38. The number of carbonyl (C=O) groups is 1. The van der Waals surface area contributed by atoms with Gasteiger partial charge in [0.05, 0.1) is 24.7 Å². The predicted molar refractivity (Wildman–Crippen MR) is 118 cm³/mol. The predicted octanol–water partition coefficient (Wildman–Crippen LogP) is 3.68. The molecule has 1 aromatic heterocycles. The molecule has 4 aromatic rings. The summed E-state index contributed by atoms with van der Waals surface area (Å²) in [6.07, 6.45) is 0. The molecule has 2 heterocycles. The molecule has 0 saturated carbocycles. The van der Waals surface area contributed by atoms with Gasteiger partial charge in [0.15, 0.2) is 0 Å². The number of fused-ring (bicyclic) bond motifs is 2. The van der Waals surface area contributed by atoms with Crippen LogP contribution in [0.5, 0.6) is 5.75 Å². The summed E-state index contributed by atoms with van der Waals surface area (Å²) in [5.41, 5.74) is 2.71. The van der Waals surface area contributed by atoms with Crippen molar-refractivity contribution in [2.45, 2.75) is 6.54 Å². The van der Waals surface area contributed by atoms with Crippen LogP contribution in [0.3, 0.4) is 0 Å². The summed E-state index contributed by atoms with van der Waals surface area (Å²) in [5, 5.41) is 2.12. The van der Waals surface area contributed by atoms with E-state index in [0.717, 1.165) is 71.7 Å². The van der Waals surface area contributed by atoms with Crippen LogP contribution in [-0.4, -0.2) is 59.0 Å². The summed E-state index contributed by atoms with van der Waals surface area (Å²) in [4.78, 5) is 25.5. The molecule has 5 rings (SSSR count). The lowest BCUT2D eigenvalue weighted by molar-refractivity contribution is 0.0628. The van der Waals surface area contributed by atoms with Crippen LogP contribution in [0, 0.1) is 0 Å². The molecule has 1 N–H and O–H groups in total. The number of H-pyrrole nitrogens is 1. The zero-order valence-electron chi connectivity index (χ0n) is 17.0. The maximum absolute atomic E-state index is 13.1. The summed E-state index contributed by atoms with van der Waals surface area (Å²) in [6.45, 7) is 3.84. The molecular formula is C24H24N4O2. The molecule has 0 radical (unpaired) electrons. The number of aromatic amines is 1. The first-order valence-electron chi connectivity index (χ1n) is 10.2. The summed E-state index contributed by atoms with van der Waals surface area (Å²) in [7, 11) is 1.66. The number of aromatic nitrogens is 2. The van der Waals surface area contributed by atoms with E-state index in [1.54, 1.807) is 7.11 Å². The molecule has 6 nitrogen and oxygen atoms in total. The highest BCUT2D eigenvalue weighted by molar-refractivity contribution is 6.07. The van der Waals surface area contributed by atoms with Crippen molar-refractivity contribution >= 4 is 27.7 Å². The molecule has 1 aliphatic rings. The number of nitrogens with one attached hydrogen (secondary N) is 1. The van der Waals surface area contributed by atoms with Crippen LogP contribution in [0.2, 0.25) is 0 Å². The first-order valence-corrected chi connectivity index (χ1v) is 10.2. The van der Waals surface area contributed by atoms with Crippen molar-refractivity contribution in [3.63, 3.8) is 0 Å². The van der Waals surface area contributed by atoms with Gasteiger partial charge in [0, 0.05) is 37.8 Å². The van der Waals surface area contributed by atoms with E-state index in [9.17, 15) is 4.79 Å². The summed E-state index contributed by atoms with van der Waals surface area (Å²) in [5.74, 6) is 1.87. The quantitative estimate of drug-likeness (QED) is 0.568. The standard InChI is InChI=1S/C24H24N4O2/c1-30-18-9-10-21-22(15-18)26-23(25-21)16-27-11-13-28(14-12-27)24(29)20-8-4-6-17-5-2-3-7-19(17)20/h2-10,15H,11-14,16H2,1H3,(H,25,26). The van der Waals surface area contributed by atoms with Crippen LogP contribution in [0.1, 0.15) is 16.2 Å². The first-order chi connectivity index (χ1) is 14.7. The van der Waals surface area contributed by atoms with Crippen molar-refractivity contribution in [1.82, 2.24) is 19.8 Å². The van der Waals surface area contributed by atoms with Gasteiger partial charge < -0.3 is 14.6 Å². The Bertz CT molecular complexity index is 1200. The van der Waals surface area contributed by atoms with Gasteiger partial charge in [-0.15, -0.1) is 0 Å². The highest BCUT2D eigenvalue weighted by atomic mass is 16.5. The van der Waals surface area contributed by atoms with E-state index in [0.29, 0.717) is 0 Å². The maximum Gasteiger partial charge on any atom is 0.254 e. The van der Waals surface area contributed by atoms with Gasteiger partial charge in [-0.05, 0) is 29.0 Å². The topological polar surface area (TPSA) is 61.5 Å². The average molecular weight is 400 g/mol. The SMILES string of the molecule is COc1ccc2nc(CN3CCN(C(=O)c4cccc5ccccc45)CC3)[nH]c2c1. The third-order valence-corrected chi connectivity index (χ3v) is 5.79. The van der Waals surface area contributed by atoms with E-state index in [1.807, 2.05) is 65.6 Å². The maximum atomic E-state index is 13.1. The van der Waals surface area contributed by atoms with Gasteiger partial charge in [-0.3, -0.25) is 9.69 Å². The highest BCUT2D eigenvalue weighted by Gasteiger charge is 2.23. The van der Waals surface area contributed by atoms with Crippen molar-refractivity contribution in [3.05, 3.63) is 72.1 Å². The Morgan fingerprint density at radius 2 is 1.83 bits per heavy atom. The fourth-order valence-electron chi connectivity index (χ4n) is 4.15. The third kappa shape index (κ3) is 3.50. The van der Waals surface area contributed by atoms with Crippen molar-refractivity contribution in [2.24, 2.45) is 0 Å². The highest BCUT2D eigenvalue weighted by Crippen LogP contribution is 2.22. The van der Waals surface area contributed by atoms with Crippen molar-refractivity contribution in [2.75, 3.05) is 33.3 Å². The van der Waals surface area contributed by atoms with Gasteiger partial charge >= 0.3 is 0 Å². The molecule has 30 heavy (non-hydrogen) atoms. The molecule has 0 aliphatic carbocycles. The number of methoxy groups -OCH3 is 1. The number of hydrogen-bond donors (Lipinski definition) is 1. The minimum atomic E-state index is 0.113. The second kappa shape index (κ2) is 7.80. The minimum Gasteiger partial charge on any atom is -0.497 e. The number of imidazole rings is 1. The Kier molecular flexibility index (Phi) is 4.85. The summed E-state index contributed by atoms with van der Waals surface area (Å²) in [6, 6.07) is 19.9. The molecular weight excluding hydrogens is 376 g/mol. The van der Waals surface area contributed by atoms with Gasteiger partial charge in [-0.1, -0.05) is 36.4 Å². The lowest BCUT2D eigenvalue weighted by atomic mass is 10.0. The molecule has 1 fully saturated rings. The van der Waals surface area contributed by atoms with Crippen molar-refractivity contribution in [1.29, 1.82) is 0 Å². The zero-order valence-corrected chi connectivity index (χ0v) is 17.0. The molecule has 1 aliphatic heterocycles. The Morgan fingerprint density at radius 3 is 2.67 bits per heavy atom. The molecule has 0 unspecified atom stereocenters. The fraction of sp³-hybridized carbons (Fsp3) is 0.250. The monoisotopic (exact) mass is 400 g/mol. The molecule has 1 amide bonds. The number of nitrogens with zero attached hydrogens (tertiary/aromatic N) is 3. The van der Waals surface area contributed by atoms with Gasteiger partial charge in [0.2, 0.25) is 0 Å². The van der Waals surface area contributed by atoms with Crippen LogP contribution >= 0.6 is 0 Å². The second-order valence-electron chi connectivity index (χ2n) is 7.66. The number of carbonyl (C=O) groups excluding carboxylic acids is 1. The van der Waals surface area contributed by atoms with E-state index in [4.69, 9.17) is 4.74 Å². The van der Waals surface area contributed by atoms with E-state index < -0.39 is 0 Å². The summed E-state index contributed by atoms with van der Waals surface area (Å²) < 4.78 is 5.28. The molecule has 6 heteroatoms. The number of benzene rings is 3. The van der Waals surface area contributed by atoms with E-state index in [-0.39, 0.29) is 5.91 Å².